The summed E-state index contributed by atoms with van der Waals surface area (Å²) in [6, 6.07) is 0. The van der Waals surface area contributed by atoms with Crippen LogP contribution in [0.15, 0.2) is 0 Å². The van der Waals surface area contributed by atoms with Crippen molar-refractivity contribution in [1.82, 2.24) is 4.67 Å². The van der Waals surface area contributed by atoms with E-state index in [-0.39, 0.29) is 6.16 Å². The second kappa shape index (κ2) is 7.39. The van der Waals surface area contributed by atoms with Crippen LogP contribution in [0.5, 0.6) is 0 Å². The van der Waals surface area contributed by atoms with E-state index in [4.69, 9.17) is 4.52 Å². The summed E-state index contributed by atoms with van der Waals surface area (Å²) in [5.41, 5.74) is 0. The molecule has 0 fully saturated rings. The van der Waals surface area contributed by atoms with Crippen molar-refractivity contribution >= 4 is 29.4 Å². The van der Waals surface area contributed by atoms with Crippen molar-refractivity contribution in [1.29, 1.82) is 0 Å². The molecule has 1 atom stereocenters. The number of halogens is 1. The maximum absolute atomic E-state index is 12.1. The fourth-order valence-corrected chi connectivity index (χ4v) is 2.79. The number of nitrogens with zero attached hydrogens (tertiary/aromatic N) is 1. The van der Waals surface area contributed by atoms with Crippen molar-refractivity contribution in [3.05, 3.63) is 0 Å². The average Bonchev–Trinajstić information content (AvgIpc) is 2.25. The fraction of sp³-hybridized carbons (Fsp3) is 0.875. The Morgan fingerprint density at radius 2 is 2.07 bits per heavy atom. The summed E-state index contributed by atoms with van der Waals surface area (Å²) in [7, 11) is 1.23. The van der Waals surface area contributed by atoms with Gasteiger partial charge in [-0.1, -0.05) is 15.9 Å². The number of hydrogen-bond acceptors (Lipinski definition) is 4. The minimum atomic E-state index is -3.06. The highest BCUT2D eigenvalue weighted by Gasteiger charge is 2.30. The monoisotopic (exact) mass is 301 g/mol. The normalized spacial score (nSPS) is 15.0. The standard InChI is InChI=1S/C8H17BrNO4P/c1-10(6-4-5-9)15(12,14-3)7-8(11)13-2/h4-7H2,1-3H3. The van der Waals surface area contributed by atoms with Gasteiger partial charge >= 0.3 is 5.97 Å². The molecule has 0 saturated carbocycles. The number of alkyl halides is 1. The van der Waals surface area contributed by atoms with Crippen molar-refractivity contribution < 1.29 is 18.6 Å². The Hall–Kier alpha value is 0.100. The number of methoxy groups -OCH3 is 1. The molecule has 0 aliphatic rings. The average molecular weight is 302 g/mol. The molecule has 0 saturated heterocycles. The summed E-state index contributed by atoms with van der Waals surface area (Å²) >= 11 is 3.28. The Balaban J connectivity index is 4.40. The Labute approximate surface area is 98.7 Å². The molecule has 0 aromatic carbocycles. The maximum Gasteiger partial charge on any atom is 0.316 e. The molecule has 0 aliphatic carbocycles. The third-order valence-electron chi connectivity index (χ3n) is 1.98. The number of ether oxygens (including phenoxy) is 1. The first-order valence-corrected chi connectivity index (χ1v) is 7.37. The van der Waals surface area contributed by atoms with Crippen molar-refractivity contribution in [2.75, 3.05) is 39.3 Å². The second-order valence-electron chi connectivity index (χ2n) is 2.98. The predicted molar refractivity (Wildman–Crippen MR) is 62.5 cm³/mol. The van der Waals surface area contributed by atoms with Gasteiger partial charge in [-0.3, -0.25) is 9.36 Å². The van der Waals surface area contributed by atoms with Gasteiger partial charge in [-0.25, -0.2) is 4.67 Å². The van der Waals surface area contributed by atoms with Gasteiger partial charge in [0.25, 0.3) is 7.52 Å². The number of rotatable bonds is 7. The number of carbonyl (C=O) groups excluding carboxylic acids is 1. The van der Waals surface area contributed by atoms with E-state index < -0.39 is 13.5 Å². The van der Waals surface area contributed by atoms with E-state index in [0.29, 0.717) is 6.54 Å². The van der Waals surface area contributed by atoms with E-state index in [1.807, 2.05) is 0 Å². The highest BCUT2D eigenvalue weighted by atomic mass is 79.9. The van der Waals surface area contributed by atoms with Crippen LogP contribution in [0.2, 0.25) is 0 Å². The van der Waals surface area contributed by atoms with Crippen LogP contribution in [0.1, 0.15) is 6.42 Å². The summed E-state index contributed by atoms with van der Waals surface area (Å²) in [6.07, 6.45) is 0.629. The zero-order valence-electron chi connectivity index (χ0n) is 9.23. The molecule has 0 heterocycles. The highest BCUT2D eigenvalue weighted by molar-refractivity contribution is 9.09. The van der Waals surface area contributed by atoms with E-state index in [1.54, 1.807) is 11.7 Å². The molecule has 0 rings (SSSR count). The molecule has 90 valence electrons. The lowest BCUT2D eigenvalue weighted by Crippen LogP contribution is -2.23. The smallest absolute Gasteiger partial charge is 0.316 e. The lowest BCUT2D eigenvalue weighted by Gasteiger charge is -2.25. The van der Waals surface area contributed by atoms with Crippen LogP contribution in [-0.4, -0.2) is 49.9 Å². The zero-order chi connectivity index (χ0) is 11.9. The summed E-state index contributed by atoms with van der Waals surface area (Å²) in [5, 5.41) is 0.819. The third kappa shape index (κ3) is 5.11. The van der Waals surface area contributed by atoms with Crippen molar-refractivity contribution in [2.24, 2.45) is 0 Å². The molecule has 0 aromatic rings. The minimum Gasteiger partial charge on any atom is -0.469 e. The van der Waals surface area contributed by atoms with Crippen molar-refractivity contribution in [3.63, 3.8) is 0 Å². The van der Waals surface area contributed by atoms with Crippen LogP contribution in [0, 0.1) is 0 Å². The fourth-order valence-electron chi connectivity index (χ4n) is 0.993. The van der Waals surface area contributed by atoms with Gasteiger partial charge in [0.2, 0.25) is 0 Å². The molecule has 1 unspecified atom stereocenters. The van der Waals surface area contributed by atoms with E-state index in [0.717, 1.165) is 11.8 Å². The molecule has 0 N–H and O–H groups in total. The molecule has 0 aromatic heterocycles. The van der Waals surface area contributed by atoms with E-state index in [1.165, 1.54) is 14.2 Å². The van der Waals surface area contributed by atoms with Gasteiger partial charge in [-0.2, -0.15) is 0 Å². The first-order valence-electron chi connectivity index (χ1n) is 4.49. The van der Waals surface area contributed by atoms with Crippen LogP contribution in [0.25, 0.3) is 0 Å². The molecule has 0 aliphatic heterocycles. The molecule has 0 radical (unpaired) electrons. The quantitative estimate of drug-likeness (QED) is 0.407. The van der Waals surface area contributed by atoms with Crippen molar-refractivity contribution in [3.8, 4) is 0 Å². The van der Waals surface area contributed by atoms with Gasteiger partial charge in [-0.05, 0) is 13.5 Å². The molecule has 0 amide bonds. The minimum absolute atomic E-state index is 0.210. The Bertz CT molecular complexity index is 249. The molecule has 7 heteroatoms. The topological polar surface area (TPSA) is 55.8 Å². The van der Waals surface area contributed by atoms with Crippen LogP contribution in [-0.2, 0) is 18.6 Å². The lowest BCUT2D eigenvalue weighted by molar-refractivity contribution is -0.137. The zero-order valence-corrected chi connectivity index (χ0v) is 11.7. The number of carbonyl (C=O) groups is 1. The summed E-state index contributed by atoms with van der Waals surface area (Å²) in [6.45, 7) is 0.605. The molecule has 0 bridgehead atoms. The van der Waals surface area contributed by atoms with E-state index in [2.05, 4.69) is 20.7 Å². The molecule has 5 nitrogen and oxygen atoms in total. The van der Waals surface area contributed by atoms with Gasteiger partial charge in [-0.15, -0.1) is 0 Å². The Morgan fingerprint density at radius 1 is 1.47 bits per heavy atom. The third-order valence-corrected chi connectivity index (χ3v) is 5.01. The van der Waals surface area contributed by atoms with Gasteiger partial charge in [0.05, 0.1) is 7.11 Å². The Morgan fingerprint density at radius 3 is 2.47 bits per heavy atom. The van der Waals surface area contributed by atoms with Crippen LogP contribution < -0.4 is 0 Å². The Kier molecular flexibility index (Phi) is 7.44. The lowest BCUT2D eigenvalue weighted by atomic mass is 10.5. The van der Waals surface area contributed by atoms with E-state index in [9.17, 15) is 9.36 Å². The van der Waals surface area contributed by atoms with Crippen LogP contribution in [0.4, 0.5) is 0 Å². The molecular weight excluding hydrogens is 285 g/mol. The summed E-state index contributed by atoms with van der Waals surface area (Å²) in [4.78, 5) is 11.1. The molecule has 15 heavy (non-hydrogen) atoms. The van der Waals surface area contributed by atoms with Crippen LogP contribution >= 0.6 is 23.4 Å². The van der Waals surface area contributed by atoms with Crippen molar-refractivity contribution in [2.45, 2.75) is 6.42 Å². The highest BCUT2D eigenvalue weighted by Crippen LogP contribution is 2.48. The maximum atomic E-state index is 12.1. The van der Waals surface area contributed by atoms with Gasteiger partial charge < -0.3 is 9.26 Å². The largest absolute Gasteiger partial charge is 0.469 e. The number of hydrogen-bond donors (Lipinski definition) is 0. The second-order valence-corrected chi connectivity index (χ2v) is 6.41. The molecular formula is C8H17BrNO4P. The predicted octanol–water partition coefficient (Wildman–Crippen LogP) is 1.72. The van der Waals surface area contributed by atoms with Gasteiger partial charge in [0.1, 0.15) is 6.16 Å². The summed E-state index contributed by atoms with van der Waals surface area (Å²) in [5.74, 6) is -0.522. The van der Waals surface area contributed by atoms with Gasteiger partial charge in [0, 0.05) is 19.0 Å². The molecule has 0 spiro atoms. The van der Waals surface area contributed by atoms with Gasteiger partial charge in [0.15, 0.2) is 0 Å². The summed E-state index contributed by atoms with van der Waals surface area (Å²) < 4.78 is 23.1. The number of esters is 1. The van der Waals surface area contributed by atoms with E-state index >= 15 is 0 Å². The SMILES string of the molecule is COC(=O)CP(=O)(OC)N(C)CCCBr. The first-order chi connectivity index (χ1) is 7.00. The van der Waals surface area contributed by atoms with Crippen LogP contribution in [0.3, 0.4) is 0 Å². The first kappa shape index (κ1) is 15.1.